The Morgan fingerprint density at radius 2 is 1.90 bits per heavy atom. The van der Waals surface area contributed by atoms with E-state index in [-0.39, 0.29) is 0 Å². The van der Waals surface area contributed by atoms with Crippen molar-refractivity contribution in [1.29, 1.82) is 0 Å². The third kappa shape index (κ3) is 3.43. The molecule has 0 unspecified atom stereocenters. The molecule has 0 saturated heterocycles. The van der Waals surface area contributed by atoms with Crippen molar-refractivity contribution in [3.63, 3.8) is 0 Å². The maximum absolute atomic E-state index is 12.9. The van der Waals surface area contributed by atoms with E-state index in [0.717, 1.165) is 40.0 Å². The predicted octanol–water partition coefficient (Wildman–Crippen LogP) is 4.30. The molecule has 1 saturated carbocycles. The van der Waals surface area contributed by atoms with E-state index < -0.39 is 5.97 Å². The zero-order chi connectivity index (χ0) is 20.5. The van der Waals surface area contributed by atoms with Crippen LogP contribution in [0.2, 0.25) is 0 Å². The molecule has 4 aromatic rings. The van der Waals surface area contributed by atoms with Crippen LogP contribution in [0.25, 0.3) is 22.0 Å². The summed E-state index contributed by atoms with van der Waals surface area (Å²) in [6.45, 7) is 0. The monoisotopic (exact) mass is 417 g/mol. The molecule has 0 aliphatic heterocycles. The van der Waals surface area contributed by atoms with Crippen LogP contribution >= 0.6 is 11.8 Å². The van der Waals surface area contributed by atoms with Gasteiger partial charge in [0, 0.05) is 16.7 Å². The fourth-order valence-electron chi connectivity index (χ4n) is 3.56. The molecule has 7 nitrogen and oxygen atoms in total. The Balaban J connectivity index is 1.65. The Morgan fingerprint density at radius 3 is 2.67 bits per heavy atom. The summed E-state index contributed by atoms with van der Waals surface area (Å²) in [5.41, 5.74) is 3.77. The molecule has 1 aliphatic carbocycles. The van der Waals surface area contributed by atoms with Gasteiger partial charge in [-0.1, -0.05) is 60.3 Å². The fraction of sp³-hybridized carbons (Fsp3) is 0.227. The number of hydrogen-bond donors (Lipinski definition) is 0. The molecule has 1 aliphatic rings. The number of fused-ring (bicyclic) bond motifs is 1. The van der Waals surface area contributed by atoms with Gasteiger partial charge in [-0.25, -0.2) is 9.48 Å². The number of hydrogen-bond acceptors (Lipinski definition) is 7. The van der Waals surface area contributed by atoms with Crippen molar-refractivity contribution in [2.75, 3.05) is 7.11 Å². The minimum Gasteiger partial charge on any atom is -0.465 e. The molecule has 5 rings (SSSR count). The minimum absolute atomic E-state index is 0.381. The van der Waals surface area contributed by atoms with Crippen molar-refractivity contribution < 1.29 is 9.53 Å². The zero-order valence-electron chi connectivity index (χ0n) is 16.4. The highest BCUT2D eigenvalue weighted by Gasteiger charge is 2.29. The minimum atomic E-state index is -0.399. The summed E-state index contributed by atoms with van der Waals surface area (Å²) < 4.78 is 7.03. The van der Waals surface area contributed by atoms with Crippen LogP contribution in [0.15, 0.2) is 59.8 Å². The van der Waals surface area contributed by atoms with Gasteiger partial charge < -0.3 is 4.74 Å². The van der Waals surface area contributed by atoms with Gasteiger partial charge in [0.05, 0.1) is 29.9 Å². The number of pyridine rings is 1. The van der Waals surface area contributed by atoms with E-state index in [1.54, 1.807) is 0 Å². The Hall–Kier alpha value is -3.26. The number of carbonyl (C=O) groups is 1. The van der Waals surface area contributed by atoms with Crippen molar-refractivity contribution in [2.24, 2.45) is 0 Å². The molecule has 150 valence electrons. The van der Waals surface area contributed by atoms with E-state index in [1.165, 1.54) is 18.9 Å². The molecule has 30 heavy (non-hydrogen) atoms. The SMILES string of the molecule is COC(=O)c1c(CSc2nnnn2C2CC2)nc2ccccc2c1-c1ccccc1. The van der Waals surface area contributed by atoms with Gasteiger partial charge in [0.1, 0.15) is 0 Å². The first-order valence-electron chi connectivity index (χ1n) is 9.72. The topological polar surface area (TPSA) is 82.8 Å². The largest absolute Gasteiger partial charge is 0.465 e. The van der Waals surface area contributed by atoms with E-state index in [2.05, 4.69) is 15.5 Å². The molecule has 0 bridgehead atoms. The van der Waals surface area contributed by atoms with Crippen molar-refractivity contribution >= 4 is 28.6 Å². The summed E-state index contributed by atoms with van der Waals surface area (Å²) in [4.78, 5) is 17.7. The van der Waals surface area contributed by atoms with Gasteiger partial charge in [-0.05, 0) is 34.9 Å². The van der Waals surface area contributed by atoms with Crippen LogP contribution in [0.3, 0.4) is 0 Å². The van der Waals surface area contributed by atoms with Crippen LogP contribution in [-0.4, -0.2) is 38.3 Å². The summed E-state index contributed by atoms with van der Waals surface area (Å²) in [6.07, 6.45) is 2.19. The number of esters is 1. The second-order valence-corrected chi connectivity index (χ2v) is 8.05. The number of para-hydroxylation sites is 1. The maximum Gasteiger partial charge on any atom is 0.340 e. The number of aromatic nitrogens is 5. The summed E-state index contributed by atoms with van der Waals surface area (Å²) in [5, 5.41) is 13.7. The number of rotatable bonds is 6. The molecule has 8 heteroatoms. The molecule has 2 heterocycles. The first kappa shape index (κ1) is 18.7. The molecule has 2 aromatic heterocycles. The van der Waals surface area contributed by atoms with Gasteiger partial charge in [-0.3, -0.25) is 4.98 Å². The van der Waals surface area contributed by atoms with E-state index in [4.69, 9.17) is 9.72 Å². The first-order chi connectivity index (χ1) is 14.8. The third-order valence-electron chi connectivity index (χ3n) is 5.11. The molecule has 2 aromatic carbocycles. The molecular weight excluding hydrogens is 398 g/mol. The number of tetrazole rings is 1. The predicted molar refractivity (Wildman–Crippen MR) is 114 cm³/mol. The standard InChI is InChI=1S/C22H19N5O2S/c1-29-21(28)20-18(13-30-22-24-25-26-27(22)15-11-12-15)23-17-10-6-5-9-16(17)19(20)14-7-3-2-4-8-14/h2-10,15H,11-13H2,1H3. The molecule has 0 amide bonds. The molecular formula is C22H19N5O2S. The van der Waals surface area contributed by atoms with Gasteiger partial charge in [-0.15, -0.1) is 5.10 Å². The van der Waals surface area contributed by atoms with Crippen LogP contribution in [0.4, 0.5) is 0 Å². The molecule has 0 spiro atoms. The quantitative estimate of drug-likeness (QED) is 0.342. The Morgan fingerprint density at radius 1 is 1.13 bits per heavy atom. The van der Waals surface area contributed by atoms with Gasteiger partial charge >= 0.3 is 5.97 Å². The highest BCUT2D eigenvalue weighted by atomic mass is 32.2. The zero-order valence-corrected chi connectivity index (χ0v) is 17.2. The second kappa shape index (κ2) is 7.87. The van der Waals surface area contributed by atoms with Crippen molar-refractivity contribution in [3.8, 4) is 11.1 Å². The second-order valence-electron chi connectivity index (χ2n) is 7.11. The van der Waals surface area contributed by atoms with Crippen molar-refractivity contribution in [3.05, 3.63) is 65.9 Å². The van der Waals surface area contributed by atoms with Gasteiger partial charge in [0.25, 0.3) is 0 Å². The number of thioether (sulfide) groups is 1. The van der Waals surface area contributed by atoms with Crippen molar-refractivity contribution in [1.82, 2.24) is 25.2 Å². The molecule has 0 N–H and O–H groups in total. The summed E-state index contributed by atoms with van der Waals surface area (Å²) >= 11 is 1.49. The molecule has 0 atom stereocenters. The lowest BCUT2D eigenvalue weighted by Crippen LogP contribution is -2.11. The molecule has 1 fully saturated rings. The van der Waals surface area contributed by atoms with Crippen molar-refractivity contribution in [2.45, 2.75) is 29.8 Å². The number of benzene rings is 2. The van der Waals surface area contributed by atoms with E-state index in [1.807, 2.05) is 59.3 Å². The van der Waals surface area contributed by atoms with Crippen LogP contribution in [0.5, 0.6) is 0 Å². The maximum atomic E-state index is 12.9. The highest BCUT2D eigenvalue weighted by molar-refractivity contribution is 7.98. The van der Waals surface area contributed by atoms with E-state index >= 15 is 0 Å². The van der Waals surface area contributed by atoms with Gasteiger partial charge in [0.2, 0.25) is 5.16 Å². The normalized spacial score (nSPS) is 13.5. The Kier molecular flexibility index (Phi) is 4.92. The van der Waals surface area contributed by atoms with Crippen LogP contribution < -0.4 is 0 Å². The summed E-state index contributed by atoms with van der Waals surface area (Å²) in [5.74, 6) is 0.0619. The average Bonchev–Trinajstić information content (AvgIpc) is 3.54. The number of methoxy groups -OCH3 is 1. The van der Waals surface area contributed by atoms with Crippen LogP contribution in [0, 0.1) is 0 Å². The highest BCUT2D eigenvalue weighted by Crippen LogP contribution is 2.38. The first-order valence-corrected chi connectivity index (χ1v) is 10.7. The lowest BCUT2D eigenvalue weighted by molar-refractivity contribution is 0.0600. The van der Waals surface area contributed by atoms with Gasteiger partial charge in [0.15, 0.2) is 0 Å². The summed E-state index contributed by atoms with van der Waals surface area (Å²) in [6, 6.07) is 18.1. The fourth-order valence-corrected chi connectivity index (χ4v) is 4.44. The number of ether oxygens (including phenoxy) is 1. The van der Waals surface area contributed by atoms with Gasteiger partial charge in [-0.2, -0.15) is 0 Å². The Labute approximate surface area is 177 Å². The lowest BCUT2D eigenvalue weighted by atomic mass is 9.94. The number of nitrogens with zero attached hydrogens (tertiary/aromatic N) is 5. The lowest BCUT2D eigenvalue weighted by Gasteiger charge is -2.16. The van der Waals surface area contributed by atoms with E-state index in [9.17, 15) is 4.79 Å². The number of carbonyl (C=O) groups excluding carboxylic acids is 1. The smallest absolute Gasteiger partial charge is 0.340 e. The summed E-state index contributed by atoms with van der Waals surface area (Å²) in [7, 11) is 1.40. The average molecular weight is 417 g/mol. The van der Waals surface area contributed by atoms with Crippen LogP contribution in [-0.2, 0) is 10.5 Å². The molecule has 0 radical (unpaired) electrons. The third-order valence-corrected chi connectivity index (χ3v) is 6.06. The Bertz CT molecular complexity index is 1220. The van der Waals surface area contributed by atoms with Crippen LogP contribution in [0.1, 0.15) is 34.9 Å². The van der Waals surface area contributed by atoms with E-state index in [0.29, 0.717) is 23.1 Å².